The highest BCUT2D eigenvalue weighted by Crippen LogP contribution is 2.30. The summed E-state index contributed by atoms with van der Waals surface area (Å²) in [5, 5.41) is 0. The molecular formula is C17H25FN2O. The molecule has 0 heterocycles. The van der Waals surface area contributed by atoms with Crippen LogP contribution in [0, 0.1) is 18.7 Å². The van der Waals surface area contributed by atoms with Crippen molar-refractivity contribution in [3.8, 4) is 0 Å². The van der Waals surface area contributed by atoms with Crippen LogP contribution in [0.3, 0.4) is 0 Å². The van der Waals surface area contributed by atoms with Crippen LogP contribution in [0.15, 0.2) is 12.1 Å². The van der Waals surface area contributed by atoms with Gasteiger partial charge >= 0.3 is 0 Å². The molecule has 1 aromatic carbocycles. The molecule has 21 heavy (non-hydrogen) atoms. The molecule has 4 heteroatoms. The monoisotopic (exact) mass is 292 g/mol. The van der Waals surface area contributed by atoms with Crippen molar-refractivity contribution in [2.24, 2.45) is 5.92 Å². The first-order valence-electron chi connectivity index (χ1n) is 7.76. The van der Waals surface area contributed by atoms with E-state index in [1.807, 2.05) is 0 Å². The Morgan fingerprint density at radius 3 is 2.52 bits per heavy atom. The van der Waals surface area contributed by atoms with Crippen molar-refractivity contribution in [1.82, 2.24) is 4.90 Å². The van der Waals surface area contributed by atoms with Gasteiger partial charge in [0.1, 0.15) is 5.82 Å². The highest BCUT2D eigenvalue weighted by Gasteiger charge is 2.28. The molecule has 1 amide bonds. The third-order valence-corrected chi connectivity index (χ3v) is 4.77. The number of anilines is 1. The lowest BCUT2D eigenvalue weighted by molar-refractivity contribution is 0.0670. The summed E-state index contributed by atoms with van der Waals surface area (Å²) in [6.45, 7) is 3.85. The maximum Gasteiger partial charge on any atom is 0.256 e. The topological polar surface area (TPSA) is 46.3 Å². The van der Waals surface area contributed by atoms with E-state index < -0.39 is 5.82 Å². The Labute approximate surface area is 126 Å². The number of aryl methyl sites for hydroxylation is 1. The first-order chi connectivity index (χ1) is 9.93. The summed E-state index contributed by atoms with van der Waals surface area (Å²) in [5.41, 5.74) is 6.68. The molecule has 0 saturated heterocycles. The number of nitrogen functional groups attached to an aromatic ring is 1. The Bertz CT molecular complexity index is 522. The van der Waals surface area contributed by atoms with E-state index in [1.165, 1.54) is 12.5 Å². The van der Waals surface area contributed by atoms with Crippen LogP contribution < -0.4 is 5.73 Å². The average Bonchev–Trinajstić information content (AvgIpc) is 2.49. The predicted octanol–water partition coefficient (Wildman–Crippen LogP) is 3.76. The Morgan fingerprint density at radius 1 is 1.33 bits per heavy atom. The van der Waals surface area contributed by atoms with Crippen LogP contribution in [-0.2, 0) is 0 Å². The molecule has 2 N–H and O–H groups in total. The number of hydrogen-bond acceptors (Lipinski definition) is 2. The van der Waals surface area contributed by atoms with Crippen LogP contribution in [0.4, 0.5) is 10.1 Å². The molecule has 1 aliphatic rings. The van der Waals surface area contributed by atoms with E-state index in [-0.39, 0.29) is 17.5 Å². The number of carbonyl (C=O) groups is 1. The summed E-state index contributed by atoms with van der Waals surface area (Å²) in [6, 6.07) is 3.21. The van der Waals surface area contributed by atoms with Gasteiger partial charge in [-0.1, -0.05) is 13.3 Å². The molecule has 1 aromatic rings. The van der Waals surface area contributed by atoms with Crippen molar-refractivity contribution < 1.29 is 9.18 Å². The van der Waals surface area contributed by atoms with Gasteiger partial charge in [0.05, 0.1) is 5.56 Å². The molecule has 0 bridgehead atoms. The number of halogens is 1. The number of nitrogens with zero attached hydrogens (tertiary/aromatic N) is 1. The molecule has 1 saturated carbocycles. The first kappa shape index (κ1) is 15.8. The van der Waals surface area contributed by atoms with Crippen LogP contribution >= 0.6 is 0 Å². The van der Waals surface area contributed by atoms with Crippen molar-refractivity contribution in [2.45, 2.75) is 52.0 Å². The minimum Gasteiger partial charge on any atom is -0.399 e. The van der Waals surface area contributed by atoms with Gasteiger partial charge in [-0.25, -0.2) is 4.39 Å². The Hall–Kier alpha value is -1.58. The molecule has 0 aliphatic heterocycles. The molecule has 2 rings (SSSR count). The van der Waals surface area contributed by atoms with Gasteiger partial charge in [0.15, 0.2) is 0 Å². The number of rotatable bonds is 3. The zero-order valence-corrected chi connectivity index (χ0v) is 13.2. The average molecular weight is 292 g/mol. The zero-order chi connectivity index (χ0) is 15.6. The summed E-state index contributed by atoms with van der Waals surface area (Å²) in [5.74, 6) is 0.0576. The summed E-state index contributed by atoms with van der Waals surface area (Å²) in [7, 11) is 1.78. The number of nitrogens with two attached hydrogens (primary N) is 1. The van der Waals surface area contributed by atoms with E-state index in [0.29, 0.717) is 11.3 Å². The van der Waals surface area contributed by atoms with Crippen LogP contribution in [0.1, 0.15) is 54.9 Å². The number of benzene rings is 1. The molecule has 1 fully saturated rings. The van der Waals surface area contributed by atoms with E-state index in [1.54, 1.807) is 24.9 Å². The minimum absolute atomic E-state index is 0.0904. The second-order valence-electron chi connectivity index (χ2n) is 6.20. The van der Waals surface area contributed by atoms with Crippen molar-refractivity contribution >= 4 is 11.6 Å². The SMILES string of the molecule is CCC1CCC(N(C)C(=O)c2cc(N)cc(C)c2F)CC1. The molecule has 3 nitrogen and oxygen atoms in total. The van der Waals surface area contributed by atoms with Crippen molar-refractivity contribution in [3.63, 3.8) is 0 Å². The number of hydrogen-bond donors (Lipinski definition) is 1. The summed E-state index contributed by atoms with van der Waals surface area (Å²) < 4.78 is 14.2. The summed E-state index contributed by atoms with van der Waals surface area (Å²) in [4.78, 5) is 14.2. The standard InChI is InChI=1S/C17H25FN2O/c1-4-12-5-7-14(8-6-12)20(3)17(21)15-10-13(19)9-11(2)16(15)18/h9-10,12,14H,4-8,19H2,1-3H3. The van der Waals surface area contributed by atoms with E-state index in [0.717, 1.165) is 31.6 Å². The third kappa shape index (κ3) is 3.36. The van der Waals surface area contributed by atoms with Crippen LogP contribution in [0.5, 0.6) is 0 Å². The van der Waals surface area contributed by atoms with Gasteiger partial charge in [0.25, 0.3) is 5.91 Å². The Kier molecular flexibility index (Phi) is 4.86. The molecule has 116 valence electrons. The van der Waals surface area contributed by atoms with Gasteiger partial charge in [-0.05, 0) is 56.2 Å². The number of amides is 1. The van der Waals surface area contributed by atoms with Gasteiger partial charge in [0.2, 0.25) is 0 Å². The molecule has 1 aliphatic carbocycles. The minimum atomic E-state index is -0.455. The van der Waals surface area contributed by atoms with Crippen LogP contribution in [0.25, 0.3) is 0 Å². The largest absolute Gasteiger partial charge is 0.399 e. The Balaban J connectivity index is 2.13. The summed E-state index contributed by atoms with van der Waals surface area (Å²) >= 11 is 0. The third-order valence-electron chi connectivity index (χ3n) is 4.77. The van der Waals surface area contributed by atoms with Crippen molar-refractivity contribution in [3.05, 3.63) is 29.1 Å². The van der Waals surface area contributed by atoms with E-state index in [2.05, 4.69) is 6.92 Å². The first-order valence-corrected chi connectivity index (χ1v) is 7.76. The van der Waals surface area contributed by atoms with Gasteiger partial charge in [-0.2, -0.15) is 0 Å². The lowest BCUT2D eigenvalue weighted by Crippen LogP contribution is -2.39. The zero-order valence-electron chi connectivity index (χ0n) is 13.2. The normalized spacial score (nSPS) is 22.1. The van der Waals surface area contributed by atoms with Crippen molar-refractivity contribution in [2.75, 3.05) is 12.8 Å². The fourth-order valence-electron chi connectivity index (χ4n) is 3.25. The maximum absolute atomic E-state index is 14.2. The smallest absolute Gasteiger partial charge is 0.256 e. The number of carbonyl (C=O) groups excluding carboxylic acids is 1. The van der Waals surface area contributed by atoms with Gasteiger partial charge in [0, 0.05) is 18.8 Å². The summed E-state index contributed by atoms with van der Waals surface area (Å²) in [6.07, 6.45) is 5.51. The molecular weight excluding hydrogens is 267 g/mol. The van der Waals surface area contributed by atoms with E-state index in [9.17, 15) is 9.18 Å². The highest BCUT2D eigenvalue weighted by molar-refractivity contribution is 5.95. The van der Waals surface area contributed by atoms with Crippen LogP contribution in [-0.4, -0.2) is 23.9 Å². The highest BCUT2D eigenvalue weighted by atomic mass is 19.1. The fraction of sp³-hybridized carbons (Fsp3) is 0.588. The van der Waals surface area contributed by atoms with Gasteiger partial charge < -0.3 is 10.6 Å². The van der Waals surface area contributed by atoms with Gasteiger partial charge in [-0.3, -0.25) is 4.79 Å². The molecule has 0 aromatic heterocycles. The fourth-order valence-corrected chi connectivity index (χ4v) is 3.25. The van der Waals surface area contributed by atoms with E-state index >= 15 is 0 Å². The lowest BCUT2D eigenvalue weighted by atomic mass is 9.84. The Morgan fingerprint density at radius 2 is 1.95 bits per heavy atom. The van der Waals surface area contributed by atoms with E-state index in [4.69, 9.17) is 5.73 Å². The lowest BCUT2D eigenvalue weighted by Gasteiger charge is -2.34. The molecule has 0 atom stereocenters. The quantitative estimate of drug-likeness (QED) is 0.862. The molecule has 0 radical (unpaired) electrons. The molecule has 0 spiro atoms. The van der Waals surface area contributed by atoms with Crippen molar-refractivity contribution in [1.29, 1.82) is 0 Å². The molecule has 0 unspecified atom stereocenters. The van der Waals surface area contributed by atoms with Crippen LogP contribution in [0.2, 0.25) is 0 Å². The second kappa shape index (κ2) is 6.46. The second-order valence-corrected chi connectivity index (χ2v) is 6.20. The predicted molar refractivity (Wildman–Crippen MR) is 83.7 cm³/mol. The van der Waals surface area contributed by atoms with Gasteiger partial charge in [-0.15, -0.1) is 0 Å². The maximum atomic E-state index is 14.2.